The standard InChI is InChI=1S/C15H20F3N3O3S/c1-24-14-11(9-13(19-20-14)21-25(2,22)23)6-3-10-4-7-12(8-5-10)15(16,17)18/h3,6,9-10,12H,4-5,7-8H2,1-2H3,(H,19,21)/b6-3+/t10-,12-. The summed E-state index contributed by atoms with van der Waals surface area (Å²) in [5.41, 5.74) is 0.501. The SMILES string of the molecule is COc1nnc(NS(C)(=O)=O)cc1/C=C/[C@H]1CC[C@H](C(F)(F)F)CC1. The number of nitrogens with zero attached hydrogens (tertiary/aromatic N) is 2. The van der Waals surface area contributed by atoms with Gasteiger partial charge in [-0.05, 0) is 37.7 Å². The Labute approximate surface area is 144 Å². The first-order chi connectivity index (χ1) is 11.6. The number of nitrogens with one attached hydrogen (secondary N) is 1. The van der Waals surface area contributed by atoms with E-state index in [0.29, 0.717) is 18.4 Å². The lowest BCUT2D eigenvalue weighted by atomic mass is 9.81. The van der Waals surface area contributed by atoms with Crippen molar-refractivity contribution in [3.8, 4) is 5.88 Å². The third-order valence-electron chi connectivity index (χ3n) is 4.05. The number of aromatic nitrogens is 2. The van der Waals surface area contributed by atoms with Gasteiger partial charge in [-0.25, -0.2) is 8.42 Å². The smallest absolute Gasteiger partial charge is 0.391 e. The zero-order chi connectivity index (χ0) is 18.7. The predicted octanol–water partition coefficient (Wildman–Crippen LogP) is 3.24. The van der Waals surface area contributed by atoms with Gasteiger partial charge >= 0.3 is 6.18 Å². The third-order valence-corrected chi connectivity index (χ3v) is 4.63. The summed E-state index contributed by atoms with van der Waals surface area (Å²) in [4.78, 5) is 0. The van der Waals surface area contributed by atoms with Gasteiger partial charge in [-0.1, -0.05) is 12.2 Å². The van der Waals surface area contributed by atoms with Gasteiger partial charge < -0.3 is 4.74 Å². The van der Waals surface area contributed by atoms with Gasteiger partial charge in [-0.3, -0.25) is 4.72 Å². The van der Waals surface area contributed by atoms with E-state index in [4.69, 9.17) is 4.74 Å². The molecule has 1 fully saturated rings. The fraction of sp³-hybridized carbons (Fsp3) is 0.600. The van der Waals surface area contributed by atoms with E-state index in [2.05, 4.69) is 14.9 Å². The maximum Gasteiger partial charge on any atom is 0.391 e. The van der Waals surface area contributed by atoms with Crippen LogP contribution in [0, 0.1) is 11.8 Å². The predicted molar refractivity (Wildman–Crippen MR) is 87.6 cm³/mol. The third kappa shape index (κ3) is 5.87. The summed E-state index contributed by atoms with van der Waals surface area (Å²) in [6, 6.07) is 1.46. The van der Waals surface area contributed by atoms with E-state index in [0.717, 1.165) is 6.26 Å². The fourth-order valence-electron chi connectivity index (χ4n) is 2.79. The van der Waals surface area contributed by atoms with Crippen LogP contribution in [-0.2, 0) is 10.0 Å². The van der Waals surface area contributed by atoms with Crippen molar-refractivity contribution in [3.05, 3.63) is 17.7 Å². The van der Waals surface area contributed by atoms with Crippen molar-refractivity contribution in [2.24, 2.45) is 11.8 Å². The van der Waals surface area contributed by atoms with E-state index >= 15 is 0 Å². The molecule has 0 unspecified atom stereocenters. The van der Waals surface area contributed by atoms with Gasteiger partial charge in [0, 0.05) is 5.56 Å². The number of rotatable bonds is 5. The number of halogens is 3. The Morgan fingerprint density at radius 1 is 1.24 bits per heavy atom. The zero-order valence-corrected chi connectivity index (χ0v) is 14.7. The summed E-state index contributed by atoms with van der Waals surface area (Å²) in [6.45, 7) is 0. The Morgan fingerprint density at radius 3 is 2.40 bits per heavy atom. The lowest BCUT2D eigenvalue weighted by molar-refractivity contribution is -0.183. The molecule has 1 saturated carbocycles. The molecule has 1 aromatic heterocycles. The van der Waals surface area contributed by atoms with Gasteiger partial charge in [0.2, 0.25) is 15.9 Å². The topological polar surface area (TPSA) is 81.2 Å². The van der Waals surface area contributed by atoms with Crippen molar-refractivity contribution >= 4 is 21.9 Å². The number of anilines is 1. The van der Waals surface area contributed by atoms with Crippen molar-refractivity contribution in [1.82, 2.24) is 10.2 Å². The van der Waals surface area contributed by atoms with Crippen LogP contribution in [0.4, 0.5) is 19.0 Å². The van der Waals surface area contributed by atoms with Crippen LogP contribution >= 0.6 is 0 Å². The number of hydrogen-bond acceptors (Lipinski definition) is 5. The molecule has 0 bridgehead atoms. The maximum atomic E-state index is 12.7. The average Bonchev–Trinajstić information content (AvgIpc) is 2.51. The summed E-state index contributed by atoms with van der Waals surface area (Å²) >= 11 is 0. The van der Waals surface area contributed by atoms with Crippen molar-refractivity contribution in [1.29, 1.82) is 0 Å². The molecule has 1 aliphatic carbocycles. The maximum absolute atomic E-state index is 12.7. The Bertz CT molecular complexity index is 727. The monoisotopic (exact) mass is 379 g/mol. The number of sulfonamides is 1. The van der Waals surface area contributed by atoms with Crippen molar-refractivity contribution in [2.45, 2.75) is 31.9 Å². The molecule has 1 aromatic rings. The van der Waals surface area contributed by atoms with Crippen LogP contribution in [0.3, 0.4) is 0 Å². The second kappa shape index (κ2) is 7.59. The highest BCUT2D eigenvalue weighted by Gasteiger charge is 2.40. The minimum atomic E-state index is -4.13. The fourth-order valence-corrected chi connectivity index (χ4v) is 3.27. The zero-order valence-electron chi connectivity index (χ0n) is 13.9. The highest BCUT2D eigenvalue weighted by Crippen LogP contribution is 2.40. The molecule has 140 valence electrons. The molecule has 0 atom stereocenters. The molecule has 25 heavy (non-hydrogen) atoms. The van der Waals surface area contributed by atoms with Crippen molar-refractivity contribution in [2.75, 3.05) is 18.1 Å². The summed E-state index contributed by atoms with van der Waals surface area (Å²) in [6.07, 6.45) is 1.50. The van der Waals surface area contributed by atoms with Gasteiger partial charge in [0.1, 0.15) is 0 Å². The lowest BCUT2D eigenvalue weighted by Crippen LogP contribution is -2.27. The van der Waals surface area contributed by atoms with E-state index in [9.17, 15) is 21.6 Å². The molecule has 1 N–H and O–H groups in total. The molecule has 1 aliphatic rings. The van der Waals surface area contributed by atoms with E-state index in [1.807, 2.05) is 6.08 Å². The molecular weight excluding hydrogens is 359 g/mol. The van der Waals surface area contributed by atoms with Gasteiger partial charge in [0.25, 0.3) is 0 Å². The summed E-state index contributed by atoms with van der Waals surface area (Å²) in [7, 11) is -2.09. The Hall–Kier alpha value is -1.84. The van der Waals surface area contributed by atoms with Crippen LogP contribution in [0.25, 0.3) is 6.08 Å². The van der Waals surface area contributed by atoms with Crippen LogP contribution in [0.15, 0.2) is 12.1 Å². The molecule has 2 rings (SSSR count). The molecule has 6 nitrogen and oxygen atoms in total. The van der Waals surface area contributed by atoms with Crippen LogP contribution in [0.2, 0.25) is 0 Å². The normalized spacial score (nSPS) is 22.1. The molecule has 0 saturated heterocycles. The molecule has 0 radical (unpaired) electrons. The van der Waals surface area contributed by atoms with Crippen molar-refractivity contribution in [3.63, 3.8) is 0 Å². The second-order valence-corrected chi connectivity index (χ2v) is 7.83. The van der Waals surface area contributed by atoms with Gasteiger partial charge in [-0.2, -0.15) is 13.2 Å². The number of hydrogen-bond donors (Lipinski definition) is 1. The number of allylic oxidation sites excluding steroid dienone is 1. The first-order valence-corrected chi connectivity index (χ1v) is 9.62. The summed E-state index contributed by atoms with van der Waals surface area (Å²) in [5, 5.41) is 7.49. The van der Waals surface area contributed by atoms with E-state index < -0.39 is 22.1 Å². The molecule has 1 heterocycles. The van der Waals surface area contributed by atoms with E-state index in [1.165, 1.54) is 13.2 Å². The second-order valence-electron chi connectivity index (χ2n) is 6.08. The first-order valence-electron chi connectivity index (χ1n) is 7.73. The minimum Gasteiger partial charge on any atom is -0.479 e. The van der Waals surface area contributed by atoms with E-state index in [-0.39, 0.29) is 30.5 Å². The average molecular weight is 379 g/mol. The summed E-state index contributed by atoms with van der Waals surface area (Å²) in [5.74, 6) is -0.939. The van der Waals surface area contributed by atoms with Crippen LogP contribution < -0.4 is 9.46 Å². The van der Waals surface area contributed by atoms with Crippen LogP contribution in [0.1, 0.15) is 31.2 Å². The van der Waals surface area contributed by atoms with Gasteiger partial charge in [0.15, 0.2) is 5.82 Å². The molecule has 0 aromatic carbocycles. The molecular formula is C15H20F3N3O3S. The van der Waals surface area contributed by atoms with E-state index in [1.54, 1.807) is 6.08 Å². The Morgan fingerprint density at radius 2 is 1.88 bits per heavy atom. The van der Waals surface area contributed by atoms with Gasteiger partial charge in [-0.15, -0.1) is 10.2 Å². The van der Waals surface area contributed by atoms with Crippen molar-refractivity contribution < 1.29 is 26.3 Å². The minimum absolute atomic E-state index is 0.0304. The first kappa shape index (κ1) is 19.5. The highest BCUT2D eigenvalue weighted by atomic mass is 32.2. The van der Waals surface area contributed by atoms with Crippen LogP contribution in [0.5, 0.6) is 5.88 Å². The molecule has 0 amide bonds. The quantitative estimate of drug-likeness (QED) is 0.849. The van der Waals surface area contributed by atoms with Crippen LogP contribution in [-0.4, -0.2) is 38.2 Å². The highest BCUT2D eigenvalue weighted by molar-refractivity contribution is 7.92. The van der Waals surface area contributed by atoms with Gasteiger partial charge in [0.05, 0.1) is 19.3 Å². The molecule has 10 heteroatoms. The Balaban J connectivity index is 2.08. The summed E-state index contributed by atoms with van der Waals surface area (Å²) < 4.78 is 67.9. The molecule has 0 aliphatic heterocycles. The number of alkyl halides is 3. The number of ether oxygens (including phenoxy) is 1. The molecule has 0 spiro atoms. The number of methoxy groups -OCH3 is 1. The largest absolute Gasteiger partial charge is 0.479 e. The Kier molecular flexibility index (Phi) is 5.91. The lowest BCUT2D eigenvalue weighted by Gasteiger charge is -2.28.